The monoisotopic (exact) mass is 624 g/mol. The van der Waals surface area contributed by atoms with Gasteiger partial charge in [-0.2, -0.15) is 0 Å². The molecule has 0 aromatic heterocycles. The van der Waals surface area contributed by atoms with Crippen molar-refractivity contribution in [2.24, 2.45) is 11.5 Å². The van der Waals surface area contributed by atoms with Gasteiger partial charge in [-0.1, -0.05) is 213 Å². The van der Waals surface area contributed by atoms with E-state index in [0.717, 1.165) is 25.9 Å². The molecule has 268 valence electrons. The van der Waals surface area contributed by atoms with Crippen LogP contribution in [0.4, 0.5) is 0 Å². The van der Waals surface area contributed by atoms with Crippen LogP contribution in [0.2, 0.25) is 0 Å². The molecule has 0 bridgehead atoms. The summed E-state index contributed by atoms with van der Waals surface area (Å²) in [6.45, 7) is 8.72. The SMILES string of the molecule is CCCCCCCCCCCCCCCCCCNCCCCCCCCCCCCCCCCCC.NCCCCCN. The molecule has 3 nitrogen and oxygen atoms in total. The van der Waals surface area contributed by atoms with Crippen molar-refractivity contribution in [3.63, 3.8) is 0 Å². The van der Waals surface area contributed by atoms with Crippen LogP contribution in [-0.4, -0.2) is 26.2 Å². The molecular formula is C41H89N3. The Hall–Kier alpha value is -0.120. The molecule has 0 aliphatic carbocycles. The molecular weight excluding hydrogens is 534 g/mol. The molecule has 0 aromatic rings. The fourth-order valence-electron chi connectivity index (χ4n) is 6.19. The summed E-state index contributed by atoms with van der Waals surface area (Å²) < 4.78 is 0. The van der Waals surface area contributed by atoms with Crippen LogP contribution in [0.5, 0.6) is 0 Å². The van der Waals surface area contributed by atoms with Crippen molar-refractivity contribution in [1.82, 2.24) is 5.32 Å². The highest BCUT2D eigenvalue weighted by atomic mass is 14.8. The predicted molar refractivity (Wildman–Crippen MR) is 204 cm³/mol. The van der Waals surface area contributed by atoms with Crippen LogP contribution in [-0.2, 0) is 0 Å². The Morgan fingerprint density at radius 2 is 0.432 bits per heavy atom. The molecule has 0 unspecified atom stereocenters. The third-order valence-electron chi connectivity index (χ3n) is 9.32. The van der Waals surface area contributed by atoms with Crippen molar-refractivity contribution in [2.75, 3.05) is 26.2 Å². The van der Waals surface area contributed by atoms with Crippen molar-refractivity contribution in [3.05, 3.63) is 0 Å². The average molecular weight is 624 g/mol. The minimum atomic E-state index is 0.806. The van der Waals surface area contributed by atoms with E-state index in [1.165, 1.54) is 225 Å². The van der Waals surface area contributed by atoms with Crippen LogP contribution in [0, 0.1) is 0 Å². The molecule has 5 N–H and O–H groups in total. The summed E-state index contributed by atoms with van der Waals surface area (Å²) in [7, 11) is 0. The Labute approximate surface area is 281 Å². The Morgan fingerprint density at radius 3 is 0.636 bits per heavy atom. The van der Waals surface area contributed by atoms with Crippen LogP contribution < -0.4 is 16.8 Å². The highest BCUT2D eigenvalue weighted by molar-refractivity contribution is 4.54. The Balaban J connectivity index is 0. The zero-order chi connectivity index (χ0) is 32.3. The van der Waals surface area contributed by atoms with Gasteiger partial charge in [0.25, 0.3) is 0 Å². The number of rotatable bonds is 38. The maximum Gasteiger partial charge on any atom is -0.00489 e. The van der Waals surface area contributed by atoms with Gasteiger partial charge in [-0.25, -0.2) is 0 Å². The number of nitrogens with one attached hydrogen (secondary N) is 1. The maximum atomic E-state index is 5.23. The lowest BCUT2D eigenvalue weighted by atomic mass is 10.0. The second-order valence-corrected chi connectivity index (χ2v) is 14.0. The lowest BCUT2D eigenvalue weighted by Crippen LogP contribution is -2.16. The molecule has 0 aromatic carbocycles. The Morgan fingerprint density at radius 1 is 0.250 bits per heavy atom. The van der Waals surface area contributed by atoms with Gasteiger partial charge in [0.05, 0.1) is 0 Å². The molecule has 0 saturated carbocycles. The second-order valence-electron chi connectivity index (χ2n) is 14.0. The van der Waals surface area contributed by atoms with E-state index in [2.05, 4.69) is 19.2 Å². The van der Waals surface area contributed by atoms with E-state index < -0.39 is 0 Å². The first kappa shape index (κ1) is 46.0. The standard InChI is InChI=1S/C36H75N.C5H14N2/c1-3-5-7-9-11-13-15-17-19-21-23-25-27-29-31-33-35-37-36-34-32-30-28-26-24-22-20-18-16-14-12-10-8-6-4-2;6-4-2-1-3-5-7/h37H,3-36H2,1-2H3;1-7H2. The summed E-state index contributed by atoms with van der Waals surface area (Å²) in [5.41, 5.74) is 10.5. The predicted octanol–water partition coefficient (Wildman–Crippen LogP) is 13.2. The van der Waals surface area contributed by atoms with Gasteiger partial charge in [-0.05, 0) is 51.9 Å². The van der Waals surface area contributed by atoms with E-state index in [0.29, 0.717) is 0 Å². The minimum Gasteiger partial charge on any atom is -0.330 e. The molecule has 0 saturated heterocycles. The number of hydrogen-bond acceptors (Lipinski definition) is 3. The molecule has 0 atom stereocenters. The highest BCUT2D eigenvalue weighted by Gasteiger charge is 1.97. The van der Waals surface area contributed by atoms with Crippen LogP contribution in [0.3, 0.4) is 0 Å². The summed E-state index contributed by atoms with van der Waals surface area (Å²) in [5.74, 6) is 0. The molecule has 0 spiro atoms. The van der Waals surface area contributed by atoms with Gasteiger partial charge in [0.2, 0.25) is 0 Å². The van der Waals surface area contributed by atoms with Crippen molar-refractivity contribution in [2.45, 2.75) is 239 Å². The summed E-state index contributed by atoms with van der Waals surface area (Å²) in [6, 6.07) is 0. The van der Waals surface area contributed by atoms with E-state index >= 15 is 0 Å². The minimum absolute atomic E-state index is 0.806. The van der Waals surface area contributed by atoms with Crippen LogP contribution in [0.15, 0.2) is 0 Å². The molecule has 0 amide bonds. The number of hydrogen-bond donors (Lipinski definition) is 3. The summed E-state index contributed by atoms with van der Waals surface area (Å²) in [4.78, 5) is 0. The van der Waals surface area contributed by atoms with Crippen molar-refractivity contribution >= 4 is 0 Å². The van der Waals surface area contributed by atoms with Crippen LogP contribution >= 0.6 is 0 Å². The van der Waals surface area contributed by atoms with Crippen LogP contribution in [0.25, 0.3) is 0 Å². The van der Waals surface area contributed by atoms with Crippen molar-refractivity contribution in [1.29, 1.82) is 0 Å². The fourth-order valence-corrected chi connectivity index (χ4v) is 6.19. The number of unbranched alkanes of at least 4 members (excludes halogenated alkanes) is 32. The molecule has 0 aliphatic heterocycles. The van der Waals surface area contributed by atoms with E-state index in [9.17, 15) is 0 Å². The fraction of sp³-hybridized carbons (Fsp3) is 1.00. The smallest absolute Gasteiger partial charge is 0.00489 e. The molecule has 3 heteroatoms. The van der Waals surface area contributed by atoms with Gasteiger partial charge < -0.3 is 16.8 Å². The first-order valence-corrected chi connectivity index (χ1v) is 20.9. The largest absolute Gasteiger partial charge is 0.330 e. The second kappa shape index (κ2) is 47.3. The topological polar surface area (TPSA) is 64.1 Å². The lowest BCUT2D eigenvalue weighted by Gasteiger charge is -2.06. The quantitative estimate of drug-likeness (QED) is 0.0599. The Bertz CT molecular complexity index is 404. The van der Waals surface area contributed by atoms with E-state index in [1.807, 2.05) is 0 Å². The third-order valence-corrected chi connectivity index (χ3v) is 9.32. The first-order chi connectivity index (χ1) is 21.8. The zero-order valence-electron chi connectivity index (χ0n) is 31.2. The molecule has 0 radical (unpaired) electrons. The van der Waals surface area contributed by atoms with Gasteiger partial charge >= 0.3 is 0 Å². The summed E-state index contributed by atoms with van der Waals surface area (Å²) in [5, 5.41) is 3.68. The average Bonchev–Trinajstić information content (AvgIpc) is 3.04. The lowest BCUT2D eigenvalue weighted by molar-refractivity contribution is 0.515. The molecule has 0 rings (SSSR count). The zero-order valence-corrected chi connectivity index (χ0v) is 31.2. The normalized spacial score (nSPS) is 11.2. The van der Waals surface area contributed by atoms with E-state index in [1.54, 1.807) is 0 Å². The number of nitrogens with two attached hydrogens (primary N) is 2. The van der Waals surface area contributed by atoms with Gasteiger partial charge in [0.15, 0.2) is 0 Å². The van der Waals surface area contributed by atoms with Crippen molar-refractivity contribution in [3.8, 4) is 0 Å². The first-order valence-electron chi connectivity index (χ1n) is 20.9. The molecule has 0 aliphatic rings. The maximum absolute atomic E-state index is 5.23. The summed E-state index contributed by atoms with van der Waals surface area (Å²) in [6.07, 6.45) is 50.1. The molecule has 0 heterocycles. The van der Waals surface area contributed by atoms with Crippen molar-refractivity contribution < 1.29 is 0 Å². The highest BCUT2D eigenvalue weighted by Crippen LogP contribution is 2.15. The summed E-state index contributed by atoms with van der Waals surface area (Å²) >= 11 is 0. The van der Waals surface area contributed by atoms with Gasteiger partial charge in [0, 0.05) is 0 Å². The molecule has 0 fully saturated rings. The van der Waals surface area contributed by atoms with Gasteiger partial charge in [-0.3, -0.25) is 0 Å². The van der Waals surface area contributed by atoms with Gasteiger partial charge in [0.1, 0.15) is 0 Å². The molecule has 44 heavy (non-hydrogen) atoms. The van der Waals surface area contributed by atoms with E-state index in [4.69, 9.17) is 11.5 Å². The third kappa shape index (κ3) is 48.8. The van der Waals surface area contributed by atoms with Gasteiger partial charge in [-0.15, -0.1) is 0 Å². The Kier molecular flexibility index (Phi) is 49.4. The van der Waals surface area contributed by atoms with E-state index in [-0.39, 0.29) is 0 Å². The van der Waals surface area contributed by atoms with Crippen LogP contribution in [0.1, 0.15) is 239 Å².